The Labute approximate surface area is 177 Å². The van der Waals surface area contributed by atoms with Gasteiger partial charge in [0.2, 0.25) is 11.8 Å². The first-order valence-electron chi connectivity index (χ1n) is 9.02. The van der Waals surface area contributed by atoms with E-state index in [4.69, 9.17) is 16.3 Å². The number of carbonyl (C=O) groups is 1. The number of carbonyl (C=O) groups excluding carboxylic acids is 1. The van der Waals surface area contributed by atoms with Gasteiger partial charge in [0.15, 0.2) is 0 Å². The van der Waals surface area contributed by atoms with Gasteiger partial charge < -0.3 is 15.2 Å². The fourth-order valence-electron chi connectivity index (χ4n) is 2.95. The molecule has 0 saturated heterocycles. The normalized spacial score (nSPS) is 10.7. The summed E-state index contributed by atoms with van der Waals surface area (Å²) in [6.07, 6.45) is 1.39. The van der Waals surface area contributed by atoms with Gasteiger partial charge in [-0.15, -0.1) is 0 Å². The lowest BCUT2D eigenvalue weighted by molar-refractivity contribution is -0.120. The highest BCUT2D eigenvalue weighted by molar-refractivity contribution is 7.09. The summed E-state index contributed by atoms with van der Waals surface area (Å²) < 4.78 is 5.26. The average Bonchev–Trinajstić information content (AvgIpc) is 3.00. The number of thiazole rings is 1. The predicted octanol–water partition coefficient (Wildman–Crippen LogP) is 3.30. The van der Waals surface area contributed by atoms with Gasteiger partial charge in [-0.1, -0.05) is 47.2 Å². The van der Waals surface area contributed by atoms with Crippen molar-refractivity contribution in [1.29, 1.82) is 0 Å². The number of nitrogens with one attached hydrogen (secondary N) is 2. The summed E-state index contributed by atoms with van der Waals surface area (Å²) in [6, 6.07) is 13.1. The van der Waals surface area contributed by atoms with Crippen LogP contribution in [0.15, 0.2) is 47.3 Å². The molecule has 3 aromatic rings. The predicted molar refractivity (Wildman–Crippen MR) is 114 cm³/mol. The van der Waals surface area contributed by atoms with Crippen molar-refractivity contribution >= 4 is 28.8 Å². The van der Waals surface area contributed by atoms with E-state index in [1.165, 1.54) is 0 Å². The fourth-order valence-corrected chi connectivity index (χ4v) is 3.90. The van der Waals surface area contributed by atoms with E-state index in [-0.39, 0.29) is 23.1 Å². The number of methoxy groups -OCH3 is 1. The van der Waals surface area contributed by atoms with Crippen molar-refractivity contribution in [1.82, 2.24) is 10.3 Å². The summed E-state index contributed by atoms with van der Waals surface area (Å²) in [7, 11) is 1.56. The van der Waals surface area contributed by atoms with Gasteiger partial charge in [-0.3, -0.25) is 14.6 Å². The van der Waals surface area contributed by atoms with Crippen LogP contribution >= 0.6 is 22.9 Å². The minimum absolute atomic E-state index is 0.0666. The number of H-pyrrole nitrogens is 1. The number of hydrogen-bond acceptors (Lipinski definition) is 5. The molecule has 152 valence electrons. The maximum atomic E-state index is 12.2. The second kappa shape index (κ2) is 9.62. The molecule has 3 N–H and O–H groups in total. The topological polar surface area (TPSA) is 91.4 Å². The molecule has 1 heterocycles. The summed E-state index contributed by atoms with van der Waals surface area (Å²) in [5, 5.41) is 13.1. The number of halogens is 1. The Hall–Kier alpha value is -2.77. The first-order valence-corrected chi connectivity index (χ1v) is 10.2. The molecule has 0 atom stereocenters. The standard InChI is InChI=1S/C21H21ClN2O4S/c1-28-17-7-6-16(22)11-15(17)12-19(25)23-9-8-13-2-4-14(5-3-13)10-18-20(26)24-21(27)29-18/h2-7,11,26H,8-10,12H2,1H3,(H,23,25)(H,24,27). The molecule has 0 spiro atoms. The van der Waals surface area contributed by atoms with Crippen LogP contribution in [-0.4, -0.2) is 29.7 Å². The molecule has 1 amide bonds. The molecular formula is C21H21ClN2O4S. The molecular weight excluding hydrogens is 412 g/mol. The van der Waals surface area contributed by atoms with E-state index in [0.29, 0.717) is 35.0 Å². The number of hydrogen-bond donors (Lipinski definition) is 3. The van der Waals surface area contributed by atoms with Crippen LogP contribution in [0.4, 0.5) is 0 Å². The highest BCUT2D eigenvalue weighted by atomic mass is 35.5. The van der Waals surface area contributed by atoms with Crippen LogP contribution in [0.5, 0.6) is 11.6 Å². The molecule has 0 aliphatic heterocycles. The zero-order valence-corrected chi connectivity index (χ0v) is 17.4. The van der Waals surface area contributed by atoms with Crippen molar-refractivity contribution in [3.05, 3.63) is 78.7 Å². The minimum atomic E-state index is -0.264. The van der Waals surface area contributed by atoms with Crippen molar-refractivity contribution in [3.8, 4) is 11.6 Å². The van der Waals surface area contributed by atoms with Crippen LogP contribution in [0.1, 0.15) is 21.6 Å². The van der Waals surface area contributed by atoms with E-state index in [2.05, 4.69) is 10.3 Å². The second-order valence-electron chi connectivity index (χ2n) is 6.51. The Kier molecular flexibility index (Phi) is 6.95. The lowest BCUT2D eigenvalue weighted by atomic mass is 10.1. The third-order valence-electron chi connectivity index (χ3n) is 4.42. The van der Waals surface area contributed by atoms with Crippen LogP contribution in [0.2, 0.25) is 5.02 Å². The lowest BCUT2D eigenvalue weighted by Crippen LogP contribution is -2.27. The van der Waals surface area contributed by atoms with Gasteiger partial charge in [-0.2, -0.15) is 0 Å². The van der Waals surface area contributed by atoms with Gasteiger partial charge >= 0.3 is 4.87 Å². The summed E-state index contributed by atoms with van der Waals surface area (Å²) in [5.74, 6) is 0.474. The van der Waals surface area contributed by atoms with Crippen LogP contribution < -0.4 is 14.9 Å². The number of ether oxygens (including phenoxy) is 1. The second-order valence-corrected chi connectivity index (χ2v) is 8.02. The van der Waals surface area contributed by atoms with E-state index in [9.17, 15) is 14.7 Å². The van der Waals surface area contributed by atoms with E-state index in [1.54, 1.807) is 25.3 Å². The maximum absolute atomic E-state index is 12.2. The van der Waals surface area contributed by atoms with Crippen molar-refractivity contribution in [2.45, 2.75) is 19.3 Å². The number of benzene rings is 2. The van der Waals surface area contributed by atoms with Gasteiger partial charge in [-0.25, -0.2) is 0 Å². The van der Waals surface area contributed by atoms with E-state index in [1.807, 2.05) is 24.3 Å². The molecule has 2 aromatic carbocycles. The lowest BCUT2D eigenvalue weighted by Gasteiger charge is -2.10. The van der Waals surface area contributed by atoms with Gasteiger partial charge in [0.05, 0.1) is 18.4 Å². The van der Waals surface area contributed by atoms with Crippen molar-refractivity contribution in [2.24, 2.45) is 0 Å². The Morgan fingerprint density at radius 1 is 1.21 bits per heavy atom. The van der Waals surface area contributed by atoms with Crippen LogP contribution in [-0.2, 0) is 24.1 Å². The Morgan fingerprint density at radius 3 is 2.59 bits per heavy atom. The molecule has 6 nitrogen and oxygen atoms in total. The molecule has 0 aliphatic rings. The van der Waals surface area contributed by atoms with E-state index >= 15 is 0 Å². The largest absolute Gasteiger partial charge is 0.496 e. The van der Waals surface area contributed by atoms with Crippen molar-refractivity contribution in [3.63, 3.8) is 0 Å². The van der Waals surface area contributed by atoms with Gasteiger partial charge in [0, 0.05) is 23.6 Å². The molecule has 29 heavy (non-hydrogen) atoms. The average molecular weight is 433 g/mol. The SMILES string of the molecule is COc1ccc(Cl)cc1CC(=O)NCCc1ccc(Cc2sc(=O)[nH]c2O)cc1. The molecule has 8 heteroatoms. The maximum Gasteiger partial charge on any atom is 0.307 e. The number of rotatable bonds is 8. The van der Waals surface area contributed by atoms with Crippen LogP contribution in [0.25, 0.3) is 0 Å². The zero-order chi connectivity index (χ0) is 20.8. The van der Waals surface area contributed by atoms with Crippen LogP contribution in [0, 0.1) is 0 Å². The first kappa shape index (κ1) is 21.0. The summed E-state index contributed by atoms with van der Waals surface area (Å²) in [4.78, 5) is 26.2. The van der Waals surface area contributed by atoms with Gasteiger partial charge in [-0.05, 0) is 35.7 Å². The minimum Gasteiger partial charge on any atom is -0.496 e. The molecule has 0 unspecified atom stereocenters. The smallest absolute Gasteiger partial charge is 0.307 e. The molecule has 0 aliphatic carbocycles. The molecule has 0 bridgehead atoms. The van der Waals surface area contributed by atoms with E-state index < -0.39 is 0 Å². The van der Waals surface area contributed by atoms with Gasteiger partial charge in [0.1, 0.15) is 5.75 Å². The molecule has 1 aromatic heterocycles. The Balaban J connectivity index is 1.49. The first-order chi connectivity index (χ1) is 13.9. The Morgan fingerprint density at radius 2 is 1.93 bits per heavy atom. The molecule has 0 saturated carbocycles. The highest BCUT2D eigenvalue weighted by Gasteiger charge is 2.10. The van der Waals surface area contributed by atoms with Gasteiger partial charge in [0.25, 0.3) is 0 Å². The third-order valence-corrected chi connectivity index (χ3v) is 5.52. The zero-order valence-electron chi connectivity index (χ0n) is 15.8. The fraction of sp³-hybridized carbons (Fsp3) is 0.238. The van der Waals surface area contributed by atoms with Crippen molar-refractivity contribution in [2.75, 3.05) is 13.7 Å². The highest BCUT2D eigenvalue weighted by Crippen LogP contribution is 2.23. The summed E-state index contributed by atoms with van der Waals surface area (Å²) in [6.45, 7) is 0.515. The summed E-state index contributed by atoms with van der Waals surface area (Å²) >= 11 is 7.01. The third kappa shape index (κ3) is 5.85. The Bertz CT molecular complexity index is 1040. The molecule has 0 radical (unpaired) electrons. The summed E-state index contributed by atoms with van der Waals surface area (Å²) in [5.41, 5.74) is 2.83. The number of aromatic amines is 1. The van der Waals surface area contributed by atoms with Crippen LogP contribution in [0.3, 0.4) is 0 Å². The molecule has 0 fully saturated rings. The van der Waals surface area contributed by atoms with Crippen molar-refractivity contribution < 1.29 is 14.6 Å². The quantitative estimate of drug-likeness (QED) is 0.509. The monoisotopic (exact) mass is 432 g/mol. The number of amides is 1. The number of aromatic hydroxyl groups is 1. The van der Waals surface area contributed by atoms with E-state index in [0.717, 1.165) is 28.0 Å². The molecule has 3 rings (SSSR count). The number of aromatic nitrogens is 1.